The Balaban J connectivity index is 1.40. The Hall–Kier alpha value is -3.17. The summed E-state index contributed by atoms with van der Waals surface area (Å²) in [6, 6.07) is 5.91. The molecule has 2 N–H and O–H groups in total. The van der Waals surface area contributed by atoms with Gasteiger partial charge in [-0.05, 0) is 19.1 Å². The lowest BCUT2D eigenvalue weighted by molar-refractivity contribution is -0.131. The van der Waals surface area contributed by atoms with Crippen molar-refractivity contribution in [3.8, 4) is 0 Å². The van der Waals surface area contributed by atoms with Gasteiger partial charge in [-0.2, -0.15) is 0 Å². The minimum Gasteiger partial charge on any atom is -0.357 e. The van der Waals surface area contributed by atoms with E-state index in [0.29, 0.717) is 19.5 Å². The van der Waals surface area contributed by atoms with Gasteiger partial charge in [-0.3, -0.25) is 9.79 Å². The van der Waals surface area contributed by atoms with Gasteiger partial charge in [0.1, 0.15) is 18.0 Å². The van der Waals surface area contributed by atoms with E-state index >= 15 is 0 Å². The lowest BCUT2D eigenvalue weighted by Gasteiger charge is -2.35. The van der Waals surface area contributed by atoms with E-state index < -0.39 is 0 Å². The van der Waals surface area contributed by atoms with E-state index in [9.17, 15) is 4.79 Å². The highest BCUT2D eigenvalue weighted by Crippen LogP contribution is 2.13. The molecule has 10 nitrogen and oxygen atoms in total. The summed E-state index contributed by atoms with van der Waals surface area (Å²) in [6.07, 6.45) is 4.81. The van der Waals surface area contributed by atoms with Gasteiger partial charge in [-0.15, -0.1) is 10.2 Å². The van der Waals surface area contributed by atoms with E-state index in [1.165, 1.54) is 0 Å². The fourth-order valence-electron chi connectivity index (χ4n) is 3.52. The van der Waals surface area contributed by atoms with Crippen molar-refractivity contribution < 1.29 is 4.79 Å². The summed E-state index contributed by atoms with van der Waals surface area (Å²) < 4.78 is 2.03. The van der Waals surface area contributed by atoms with Crippen LogP contribution in [0.1, 0.15) is 26.1 Å². The number of carbonyl (C=O) groups excluding carboxylic acids is 1. The minimum atomic E-state index is 0.150. The number of nitrogens with one attached hydrogen (secondary N) is 2. The molecule has 10 heteroatoms. The zero-order valence-corrected chi connectivity index (χ0v) is 18.5. The largest absolute Gasteiger partial charge is 0.357 e. The Kier molecular flexibility index (Phi) is 8.62. The molecule has 0 spiro atoms. The quantitative estimate of drug-likeness (QED) is 0.444. The van der Waals surface area contributed by atoms with E-state index in [-0.39, 0.29) is 5.91 Å². The van der Waals surface area contributed by atoms with Crippen LogP contribution in [-0.4, -0.2) is 82.3 Å². The van der Waals surface area contributed by atoms with Crippen LogP contribution in [0.5, 0.6) is 0 Å². The molecule has 2 aromatic heterocycles. The molecule has 0 bridgehead atoms. The van der Waals surface area contributed by atoms with E-state index in [4.69, 9.17) is 0 Å². The van der Waals surface area contributed by atoms with E-state index in [0.717, 1.165) is 63.3 Å². The maximum atomic E-state index is 12.6. The first-order valence-corrected chi connectivity index (χ1v) is 11.0. The number of carbonyl (C=O) groups is 1. The van der Waals surface area contributed by atoms with Crippen molar-refractivity contribution in [2.45, 2.75) is 33.2 Å². The van der Waals surface area contributed by atoms with Crippen molar-refractivity contribution in [1.29, 1.82) is 0 Å². The number of hydrogen-bond donors (Lipinski definition) is 2. The minimum absolute atomic E-state index is 0.150. The molecule has 0 aromatic carbocycles. The zero-order valence-electron chi connectivity index (χ0n) is 18.5. The van der Waals surface area contributed by atoms with Gasteiger partial charge in [-0.25, -0.2) is 4.98 Å². The monoisotopic (exact) mass is 427 g/mol. The fraction of sp³-hybridized carbons (Fsp3) is 0.571. The number of aryl methyl sites for hydroxylation is 1. The first kappa shape index (κ1) is 22.5. The molecule has 0 unspecified atom stereocenters. The van der Waals surface area contributed by atoms with Crippen molar-refractivity contribution in [1.82, 2.24) is 35.3 Å². The summed E-state index contributed by atoms with van der Waals surface area (Å²) in [5.41, 5.74) is 0. The second-order valence-electron chi connectivity index (χ2n) is 7.29. The van der Waals surface area contributed by atoms with Crippen molar-refractivity contribution in [3.63, 3.8) is 0 Å². The third-order valence-corrected chi connectivity index (χ3v) is 5.20. The molecule has 0 radical (unpaired) electrons. The molecule has 0 aliphatic carbocycles. The topological polar surface area (TPSA) is 104 Å². The van der Waals surface area contributed by atoms with Gasteiger partial charge >= 0.3 is 0 Å². The van der Waals surface area contributed by atoms with Crippen LogP contribution >= 0.6 is 0 Å². The second-order valence-corrected chi connectivity index (χ2v) is 7.29. The summed E-state index contributed by atoms with van der Waals surface area (Å²) in [5, 5.41) is 14.6. The van der Waals surface area contributed by atoms with Crippen LogP contribution in [0.2, 0.25) is 0 Å². The Labute approximate surface area is 183 Å². The van der Waals surface area contributed by atoms with Crippen LogP contribution in [0.25, 0.3) is 0 Å². The summed E-state index contributed by atoms with van der Waals surface area (Å²) in [6.45, 7) is 9.83. The SMILES string of the molecule is CCNC(=NCCC(=O)N1CCN(c2ccccn2)CC1)NCCn1cnnc1CC. The summed E-state index contributed by atoms with van der Waals surface area (Å²) in [5.74, 6) is 2.81. The molecule has 3 rings (SSSR count). The van der Waals surface area contributed by atoms with Gasteiger partial charge in [0.25, 0.3) is 0 Å². The van der Waals surface area contributed by atoms with Gasteiger partial charge in [0, 0.05) is 64.9 Å². The van der Waals surface area contributed by atoms with Gasteiger partial charge < -0.3 is 25.0 Å². The lowest BCUT2D eigenvalue weighted by atomic mass is 10.2. The highest BCUT2D eigenvalue weighted by Gasteiger charge is 2.21. The third-order valence-electron chi connectivity index (χ3n) is 5.20. The number of piperazine rings is 1. The standard InChI is InChI=1S/C21H33N9O/c1-3-18-27-26-17-30(18)12-11-25-21(22-4-2)24-10-8-20(31)29-15-13-28(14-16-29)19-7-5-6-9-23-19/h5-7,9,17H,3-4,8,10-16H2,1-2H3,(H2,22,24,25). The number of anilines is 1. The van der Waals surface area contributed by atoms with Crippen molar-refractivity contribution in [3.05, 3.63) is 36.5 Å². The van der Waals surface area contributed by atoms with Crippen LogP contribution in [-0.2, 0) is 17.8 Å². The predicted octanol–water partition coefficient (Wildman–Crippen LogP) is 0.530. The molecule has 1 aliphatic heterocycles. The molecule has 2 aromatic rings. The molecule has 1 aliphatic rings. The van der Waals surface area contributed by atoms with Gasteiger partial charge in [0.2, 0.25) is 5.91 Å². The average molecular weight is 428 g/mol. The number of nitrogens with zero attached hydrogens (tertiary/aromatic N) is 7. The van der Waals surface area contributed by atoms with Crippen molar-refractivity contribution >= 4 is 17.7 Å². The molecule has 3 heterocycles. The number of hydrogen-bond acceptors (Lipinski definition) is 6. The molecule has 0 atom stereocenters. The Morgan fingerprint density at radius 3 is 2.71 bits per heavy atom. The lowest BCUT2D eigenvalue weighted by Crippen LogP contribution is -2.49. The van der Waals surface area contributed by atoms with Crippen LogP contribution in [0.4, 0.5) is 5.82 Å². The van der Waals surface area contributed by atoms with Gasteiger partial charge in [-0.1, -0.05) is 13.0 Å². The molecule has 1 saturated heterocycles. The zero-order chi connectivity index (χ0) is 21.9. The normalized spacial score (nSPS) is 14.6. The van der Waals surface area contributed by atoms with E-state index in [2.05, 4.69) is 42.6 Å². The smallest absolute Gasteiger partial charge is 0.224 e. The maximum absolute atomic E-state index is 12.6. The highest BCUT2D eigenvalue weighted by molar-refractivity contribution is 5.81. The number of amides is 1. The Morgan fingerprint density at radius 2 is 2.00 bits per heavy atom. The van der Waals surface area contributed by atoms with Crippen LogP contribution in [0.3, 0.4) is 0 Å². The number of aliphatic imine (C=N–C) groups is 1. The molecule has 1 fully saturated rings. The number of guanidine groups is 1. The van der Waals surface area contributed by atoms with Gasteiger partial charge in [0.05, 0.1) is 6.54 Å². The van der Waals surface area contributed by atoms with Crippen LogP contribution < -0.4 is 15.5 Å². The first-order valence-electron chi connectivity index (χ1n) is 11.0. The van der Waals surface area contributed by atoms with Gasteiger partial charge in [0.15, 0.2) is 5.96 Å². The van der Waals surface area contributed by atoms with Crippen molar-refractivity contribution in [2.75, 3.05) is 50.7 Å². The van der Waals surface area contributed by atoms with Crippen LogP contribution in [0, 0.1) is 0 Å². The third kappa shape index (κ3) is 6.66. The molecular formula is C21H33N9O. The molecule has 31 heavy (non-hydrogen) atoms. The summed E-state index contributed by atoms with van der Waals surface area (Å²) in [4.78, 5) is 25.7. The number of aromatic nitrogens is 4. The fourth-order valence-corrected chi connectivity index (χ4v) is 3.52. The van der Waals surface area contributed by atoms with E-state index in [1.54, 1.807) is 12.5 Å². The van der Waals surface area contributed by atoms with Crippen LogP contribution in [0.15, 0.2) is 35.7 Å². The number of rotatable bonds is 9. The molecule has 0 saturated carbocycles. The highest BCUT2D eigenvalue weighted by atomic mass is 16.2. The maximum Gasteiger partial charge on any atom is 0.224 e. The van der Waals surface area contributed by atoms with E-state index in [1.807, 2.05) is 34.6 Å². The molecule has 1 amide bonds. The average Bonchev–Trinajstić information content (AvgIpc) is 3.27. The predicted molar refractivity (Wildman–Crippen MR) is 121 cm³/mol. The summed E-state index contributed by atoms with van der Waals surface area (Å²) >= 11 is 0. The van der Waals surface area contributed by atoms with Crippen molar-refractivity contribution in [2.24, 2.45) is 4.99 Å². The molecule has 168 valence electrons. The Morgan fingerprint density at radius 1 is 1.16 bits per heavy atom. The molecular weight excluding hydrogens is 394 g/mol. The number of pyridine rings is 1. The first-order chi connectivity index (χ1) is 15.2. The second kappa shape index (κ2) is 11.9. The Bertz CT molecular complexity index is 828. The summed E-state index contributed by atoms with van der Waals surface area (Å²) in [7, 11) is 0.